The van der Waals surface area contributed by atoms with Crippen LogP contribution in [0.2, 0.25) is 0 Å². The van der Waals surface area contributed by atoms with Gasteiger partial charge in [-0.15, -0.1) is 0 Å². The van der Waals surface area contributed by atoms with Crippen LogP contribution in [0.3, 0.4) is 0 Å². The number of esters is 2. The third-order valence-corrected chi connectivity index (χ3v) is 8.36. The Kier molecular flexibility index (Phi) is 11.3. The van der Waals surface area contributed by atoms with Gasteiger partial charge < -0.3 is 28.4 Å². The van der Waals surface area contributed by atoms with Crippen molar-refractivity contribution in [2.24, 2.45) is 4.99 Å². The van der Waals surface area contributed by atoms with Gasteiger partial charge in [0.15, 0.2) is 34.4 Å². The van der Waals surface area contributed by atoms with Crippen LogP contribution < -0.4 is 33.8 Å². The van der Waals surface area contributed by atoms with Gasteiger partial charge >= 0.3 is 11.9 Å². The predicted octanol–water partition coefficient (Wildman–Crippen LogP) is 4.15. The van der Waals surface area contributed by atoms with E-state index in [4.69, 9.17) is 28.4 Å². The first-order valence-corrected chi connectivity index (χ1v) is 16.1. The van der Waals surface area contributed by atoms with Gasteiger partial charge in [-0.2, -0.15) is 0 Å². The Bertz CT molecular complexity index is 1810. The Hall–Kier alpha value is -3.85. The van der Waals surface area contributed by atoms with Gasteiger partial charge in [0, 0.05) is 0 Å². The highest BCUT2D eigenvalue weighted by molar-refractivity contribution is 14.1. The molecule has 1 aliphatic heterocycles. The number of halogens is 1. The fraction of sp³-hybridized carbons (Fsp3) is 0.375. The highest BCUT2D eigenvalue weighted by Crippen LogP contribution is 2.37. The molecule has 1 aliphatic rings. The van der Waals surface area contributed by atoms with Crippen LogP contribution in [0.4, 0.5) is 0 Å². The zero-order valence-electron chi connectivity index (χ0n) is 26.1. The van der Waals surface area contributed by atoms with E-state index in [0.717, 1.165) is 0 Å². The SMILES string of the molecule is CCOC(=O)COc1c(I)cc(/C=c2\sc3n(c2=O)[C@@H](c2ccc(OC(C)C)c(OC)c2)C(C(=O)OCC)=C(C)N=3)cc1OC. The molecule has 0 unspecified atom stereocenters. The summed E-state index contributed by atoms with van der Waals surface area (Å²) in [5.41, 5.74) is 1.67. The van der Waals surface area contributed by atoms with E-state index in [-0.39, 0.29) is 37.1 Å². The lowest BCUT2D eigenvalue weighted by Crippen LogP contribution is -2.40. The highest BCUT2D eigenvalue weighted by atomic mass is 127. The number of methoxy groups -OCH3 is 2. The standard InChI is InChI=1S/C32H35IN2O9S/c1-8-41-26(36)16-43-29-21(33)12-19(13-24(29)40-7)14-25-30(37)35-28(20-10-11-22(44-17(3)4)23(15-20)39-6)27(31(38)42-9-2)18(5)34-32(35)45-25/h10-15,17,28H,8-9,16H2,1-7H3/b25-14-/t28-/m0/s1. The van der Waals surface area contributed by atoms with E-state index < -0.39 is 18.0 Å². The molecular weight excluding hydrogens is 715 g/mol. The zero-order valence-corrected chi connectivity index (χ0v) is 29.1. The van der Waals surface area contributed by atoms with Crippen LogP contribution >= 0.6 is 33.9 Å². The average Bonchev–Trinajstić information content (AvgIpc) is 3.29. The van der Waals surface area contributed by atoms with Crippen molar-refractivity contribution in [1.29, 1.82) is 0 Å². The predicted molar refractivity (Wildman–Crippen MR) is 177 cm³/mol. The van der Waals surface area contributed by atoms with Crippen molar-refractivity contribution in [3.8, 4) is 23.0 Å². The number of rotatable bonds is 12. The average molecular weight is 751 g/mol. The Morgan fingerprint density at radius 3 is 2.40 bits per heavy atom. The van der Waals surface area contributed by atoms with Gasteiger partial charge in [-0.05, 0) is 98.7 Å². The van der Waals surface area contributed by atoms with Crippen LogP contribution in [0.25, 0.3) is 6.08 Å². The number of hydrogen-bond acceptors (Lipinski definition) is 11. The van der Waals surface area contributed by atoms with Gasteiger partial charge in [0.2, 0.25) is 0 Å². The van der Waals surface area contributed by atoms with Gasteiger partial charge in [0.1, 0.15) is 0 Å². The van der Waals surface area contributed by atoms with Crippen molar-refractivity contribution in [3.63, 3.8) is 0 Å². The molecule has 11 nitrogen and oxygen atoms in total. The van der Waals surface area contributed by atoms with Crippen LogP contribution in [0.5, 0.6) is 23.0 Å². The van der Waals surface area contributed by atoms with Crippen molar-refractivity contribution in [2.45, 2.75) is 46.8 Å². The summed E-state index contributed by atoms with van der Waals surface area (Å²) in [6, 6.07) is 8.04. The van der Waals surface area contributed by atoms with Gasteiger partial charge in [0.25, 0.3) is 5.56 Å². The van der Waals surface area contributed by atoms with Gasteiger partial charge in [0.05, 0.1) is 59.0 Å². The topological polar surface area (TPSA) is 124 Å². The summed E-state index contributed by atoms with van der Waals surface area (Å²) < 4.78 is 35.6. The van der Waals surface area contributed by atoms with Gasteiger partial charge in [-0.1, -0.05) is 17.4 Å². The number of ether oxygens (including phenoxy) is 6. The fourth-order valence-electron chi connectivity index (χ4n) is 4.76. The number of allylic oxidation sites excluding steroid dienone is 1. The van der Waals surface area contributed by atoms with Crippen molar-refractivity contribution in [3.05, 3.63) is 76.0 Å². The third-order valence-electron chi connectivity index (χ3n) is 6.57. The molecule has 2 heterocycles. The second-order valence-electron chi connectivity index (χ2n) is 10.0. The molecule has 0 bridgehead atoms. The van der Waals surface area contributed by atoms with E-state index in [1.807, 2.05) is 26.0 Å². The molecule has 0 fully saturated rings. The molecule has 1 aromatic heterocycles. The number of carbonyl (C=O) groups is 2. The summed E-state index contributed by atoms with van der Waals surface area (Å²) in [5, 5.41) is 0. The minimum Gasteiger partial charge on any atom is -0.493 e. The van der Waals surface area contributed by atoms with E-state index in [9.17, 15) is 14.4 Å². The molecule has 0 spiro atoms. The number of aromatic nitrogens is 1. The molecule has 0 saturated heterocycles. The highest BCUT2D eigenvalue weighted by Gasteiger charge is 2.34. The second-order valence-corrected chi connectivity index (χ2v) is 12.2. The molecular formula is C32H35IN2O9S. The third kappa shape index (κ3) is 7.52. The van der Waals surface area contributed by atoms with Crippen molar-refractivity contribution in [2.75, 3.05) is 34.0 Å². The van der Waals surface area contributed by atoms with E-state index in [1.54, 1.807) is 45.0 Å². The molecule has 1 atom stereocenters. The van der Waals surface area contributed by atoms with Crippen molar-refractivity contribution in [1.82, 2.24) is 4.57 Å². The van der Waals surface area contributed by atoms with Crippen LogP contribution in [-0.4, -0.2) is 56.6 Å². The van der Waals surface area contributed by atoms with Gasteiger partial charge in [-0.3, -0.25) is 9.36 Å². The molecule has 0 amide bonds. The lowest BCUT2D eigenvalue weighted by Gasteiger charge is -2.25. The lowest BCUT2D eigenvalue weighted by molar-refractivity contribution is -0.145. The molecule has 45 heavy (non-hydrogen) atoms. The summed E-state index contributed by atoms with van der Waals surface area (Å²) in [6.07, 6.45) is 1.64. The Labute approximate surface area is 278 Å². The molecule has 4 rings (SSSR count). The number of thiazole rings is 1. The second kappa shape index (κ2) is 15.0. The molecule has 0 radical (unpaired) electrons. The van der Waals surface area contributed by atoms with Crippen LogP contribution in [0.15, 0.2) is 51.4 Å². The minimum atomic E-state index is -0.822. The van der Waals surface area contributed by atoms with E-state index in [0.29, 0.717) is 52.7 Å². The maximum Gasteiger partial charge on any atom is 0.344 e. The molecule has 13 heteroatoms. The largest absolute Gasteiger partial charge is 0.493 e. The van der Waals surface area contributed by atoms with Crippen LogP contribution in [-0.2, 0) is 19.1 Å². The molecule has 3 aromatic rings. The molecule has 2 aromatic carbocycles. The van der Waals surface area contributed by atoms with Crippen LogP contribution in [0, 0.1) is 3.57 Å². The summed E-state index contributed by atoms with van der Waals surface area (Å²) in [7, 11) is 3.03. The Morgan fingerprint density at radius 2 is 1.76 bits per heavy atom. The van der Waals surface area contributed by atoms with Crippen molar-refractivity contribution >= 4 is 51.9 Å². The minimum absolute atomic E-state index is 0.0838. The lowest BCUT2D eigenvalue weighted by atomic mass is 9.95. The number of nitrogens with zero attached hydrogens (tertiary/aromatic N) is 2. The Balaban J connectivity index is 1.85. The first-order chi connectivity index (χ1) is 21.5. The zero-order chi connectivity index (χ0) is 32.8. The number of benzene rings is 2. The molecule has 0 aliphatic carbocycles. The maximum absolute atomic E-state index is 14.1. The molecule has 240 valence electrons. The quantitative estimate of drug-likeness (QED) is 0.199. The first kappa shape index (κ1) is 34.0. The van der Waals surface area contributed by atoms with E-state index in [1.165, 1.54) is 30.1 Å². The molecule has 0 saturated carbocycles. The monoisotopic (exact) mass is 750 g/mol. The summed E-state index contributed by atoms with van der Waals surface area (Å²) in [6.45, 7) is 9.14. The summed E-state index contributed by atoms with van der Waals surface area (Å²) in [5.74, 6) is 0.732. The molecule has 0 N–H and O–H groups in total. The van der Waals surface area contributed by atoms with Gasteiger partial charge in [-0.25, -0.2) is 14.6 Å². The normalized spacial score (nSPS) is 14.5. The number of hydrogen-bond donors (Lipinski definition) is 0. The summed E-state index contributed by atoms with van der Waals surface area (Å²) >= 11 is 3.28. The maximum atomic E-state index is 14.1. The number of fused-ring (bicyclic) bond motifs is 1. The Morgan fingerprint density at radius 1 is 1.04 bits per heavy atom. The summed E-state index contributed by atoms with van der Waals surface area (Å²) in [4.78, 5) is 44.3. The van der Waals surface area contributed by atoms with E-state index >= 15 is 0 Å². The van der Waals surface area contributed by atoms with E-state index in [2.05, 4.69) is 27.6 Å². The fourth-order valence-corrected chi connectivity index (χ4v) is 6.59. The first-order valence-electron chi connectivity index (χ1n) is 14.2. The smallest absolute Gasteiger partial charge is 0.344 e. The van der Waals surface area contributed by atoms with Crippen molar-refractivity contribution < 1.29 is 38.0 Å². The van der Waals surface area contributed by atoms with Crippen LogP contribution in [0.1, 0.15) is 51.8 Å². The number of carbonyl (C=O) groups excluding carboxylic acids is 2.